The molecule has 0 spiro atoms. The summed E-state index contributed by atoms with van der Waals surface area (Å²) in [6.45, 7) is 16.6. The first kappa shape index (κ1) is 17.2. The molecule has 0 aliphatic carbocycles. The Labute approximate surface area is 112 Å². The van der Waals surface area contributed by atoms with E-state index in [1.807, 2.05) is 6.92 Å². The van der Waals surface area contributed by atoms with Gasteiger partial charge in [-0.2, -0.15) is 0 Å². The summed E-state index contributed by atoms with van der Waals surface area (Å²) in [6, 6.07) is 0. The Bertz CT molecular complexity index is 248. The smallest absolute Gasteiger partial charge is 0.192 e. The van der Waals surface area contributed by atoms with Crippen LogP contribution in [0.1, 0.15) is 34.1 Å². The van der Waals surface area contributed by atoms with Crippen LogP contribution in [0.5, 0.6) is 0 Å². The van der Waals surface area contributed by atoms with Crippen LogP contribution in [-0.2, 0) is 4.43 Å². The second kappa shape index (κ2) is 6.37. The highest BCUT2D eigenvalue weighted by atomic mass is 35.5. The van der Waals surface area contributed by atoms with Gasteiger partial charge >= 0.3 is 0 Å². The van der Waals surface area contributed by atoms with E-state index in [9.17, 15) is 5.11 Å². The molecule has 0 amide bonds. The summed E-state index contributed by atoms with van der Waals surface area (Å²) in [4.78, 5) is 0. The number of hydrogen-bond acceptors (Lipinski definition) is 2. The zero-order valence-corrected chi connectivity index (χ0v) is 13.7. The third-order valence-corrected chi connectivity index (χ3v) is 8.54. The number of hydrogen-bond donors (Lipinski definition) is 1. The van der Waals surface area contributed by atoms with Crippen molar-refractivity contribution in [1.29, 1.82) is 0 Å². The molecule has 0 fully saturated rings. The maximum atomic E-state index is 9.82. The zero-order chi connectivity index (χ0) is 13.9. The van der Waals surface area contributed by atoms with Crippen LogP contribution >= 0.6 is 11.6 Å². The van der Waals surface area contributed by atoms with Crippen molar-refractivity contribution in [3.8, 4) is 0 Å². The lowest BCUT2D eigenvalue weighted by molar-refractivity contribution is 0.0992. The van der Waals surface area contributed by atoms with E-state index < -0.39 is 19.8 Å². The number of halogens is 1. The van der Waals surface area contributed by atoms with Crippen LogP contribution in [0.25, 0.3) is 0 Å². The summed E-state index contributed by atoms with van der Waals surface area (Å²) in [6.07, 6.45) is 1.54. The molecule has 0 aromatic rings. The highest BCUT2D eigenvalue weighted by Crippen LogP contribution is 2.37. The molecule has 0 rings (SSSR count). The Balaban J connectivity index is 4.36. The highest BCUT2D eigenvalue weighted by Gasteiger charge is 2.38. The fraction of sp³-hybridized carbons (Fsp3) is 0.846. The molecular formula is C13H27ClO2Si. The molecule has 0 saturated carbocycles. The predicted octanol–water partition coefficient (Wildman–Crippen LogP) is 3.94. The number of alkyl halides is 1. The van der Waals surface area contributed by atoms with Gasteiger partial charge in [0.15, 0.2) is 8.32 Å². The SMILES string of the molecule is C=C[C@H](Cl)[C@@H](O)C[C@@H](C)O[Si](C)(C)C(C)(C)C. The van der Waals surface area contributed by atoms with Crippen molar-refractivity contribution in [2.45, 2.75) is 69.8 Å². The van der Waals surface area contributed by atoms with E-state index in [0.717, 1.165) is 0 Å². The molecule has 4 heteroatoms. The van der Waals surface area contributed by atoms with E-state index in [-0.39, 0.29) is 11.1 Å². The average molecular weight is 279 g/mol. The summed E-state index contributed by atoms with van der Waals surface area (Å²) in [7, 11) is -1.76. The lowest BCUT2D eigenvalue weighted by Gasteiger charge is -2.39. The van der Waals surface area contributed by atoms with Crippen molar-refractivity contribution in [3.63, 3.8) is 0 Å². The minimum atomic E-state index is -1.76. The normalized spacial score (nSPS) is 18.6. The van der Waals surface area contributed by atoms with Gasteiger partial charge in [-0.15, -0.1) is 18.2 Å². The quantitative estimate of drug-likeness (QED) is 0.453. The molecule has 0 radical (unpaired) electrons. The largest absolute Gasteiger partial charge is 0.414 e. The number of rotatable bonds is 6. The minimum Gasteiger partial charge on any atom is -0.414 e. The van der Waals surface area contributed by atoms with Gasteiger partial charge in [-0.05, 0) is 31.5 Å². The van der Waals surface area contributed by atoms with Crippen LogP contribution in [-0.4, -0.2) is 31.0 Å². The molecule has 0 bridgehead atoms. The third kappa shape index (κ3) is 5.56. The molecule has 3 atom stereocenters. The van der Waals surface area contributed by atoms with Crippen LogP contribution in [0, 0.1) is 0 Å². The van der Waals surface area contributed by atoms with Gasteiger partial charge in [-0.25, -0.2) is 0 Å². The van der Waals surface area contributed by atoms with Crippen molar-refractivity contribution in [2.24, 2.45) is 0 Å². The Morgan fingerprint density at radius 1 is 1.41 bits per heavy atom. The molecule has 1 N–H and O–H groups in total. The van der Waals surface area contributed by atoms with Crippen LogP contribution in [0.2, 0.25) is 18.1 Å². The monoisotopic (exact) mass is 278 g/mol. The van der Waals surface area contributed by atoms with Gasteiger partial charge < -0.3 is 9.53 Å². The lowest BCUT2D eigenvalue weighted by atomic mass is 10.1. The van der Waals surface area contributed by atoms with Crippen LogP contribution in [0.4, 0.5) is 0 Å². The molecule has 0 aliphatic heterocycles. The molecule has 2 nitrogen and oxygen atoms in total. The average Bonchev–Trinajstić information content (AvgIpc) is 2.13. The molecule has 17 heavy (non-hydrogen) atoms. The van der Waals surface area contributed by atoms with Crippen molar-refractivity contribution in [2.75, 3.05) is 0 Å². The van der Waals surface area contributed by atoms with Gasteiger partial charge in [-0.3, -0.25) is 0 Å². The van der Waals surface area contributed by atoms with Crippen LogP contribution in [0.3, 0.4) is 0 Å². The molecule has 102 valence electrons. The maximum absolute atomic E-state index is 9.82. The lowest BCUT2D eigenvalue weighted by Crippen LogP contribution is -2.44. The number of aliphatic hydroxyl groups is 1. The van der Waals surface area contributed by atoms with Gasteiger partial charge in [0, 0.05) is 6.10 Å². The van der Waals surface area contributed by atoms with Gasteiger partial charge in [0.05, 0.1) is 11.5 Å². The molecule has 0 aromatic carbocycles. The Kier molecular flexibility index (Phi) is 6.43. The first-order chi connectivity index (χ1) is 7.51. The topological polar surface area (TPSA) is 29.5 Å². The van der Waals surface area contributed by atoms with Gasteiger partial charge in [0.2, 0.25) is 0 Å². The fourth-order valence-electron chi connectivity index (χ4n) is 1.36. The van der Waals surface area contributed by atoms with Crippen molar-refractivity contribution in [1.82, 2.24) is 0 Å². The van der Waals surface area contributed by atoms with E-state index >= 15 is 0 Å². The van der Waals surface area contributed by atoms with E-state index in [1.54, 1.807) is 6.08 Å². The maximum Gasteiger partial charge on any atom is 0.192 e. The predicted molar refractivity (Wildman–Crippen MR) is 78.2 cm³/mol. The Hall–Kier alpha value is 0.167. The Morgan fingerprint density at radius 3 is 2.24 bits per heavy atom. The fourth-order valence-corrected chi connectivity index (χ4v) is 2.91. The molecule has 0 saturated heterocycles. The second-order valence-electron chi connectivity index (χ2n) is 6.17. The molecule has 0 aromatic heterocycles. The first-order valence-electron chi connectivity index (χ1n) is 6.14. The van der Waals surface area contributed by atoms with Gasteiger partial charge in [0.1, 0.15) is 0 Å². The van der Waals surface area contributed by atoms with Gasteiger partial charge in [0.25, 0.3) is 0 Å². The van der Waals surface area contributed by atoms with E-state index in [2.05, 4.69) is 40.4 Å². The van der Waals surface area contributed by atoms with E-state index in [0.29, 0.717) is 6.42 Å². The summed E-state index contributed by atoms with van der Waals surface area (Å²) >= 11 is 5.91. The molecule has 0 heterocycles. The van der Waals surface area contributed by atoms with E-state index in [4.69, 9.17) is 16.0 Å². The van der Waals surface area contributed by atoms with Crippen molar-refractivity contribution >= 4 is 19.9 Å². The highest BCUT2D eigenvalue weighted by molar-refractivity contribution is 6.74. The second-order valence-corrected chi connectivity index (χ2v) is 11.4. The van der Waals surface area contributed by atoms with Crippen LogP contribution in [0.15, 0.2) is 12.7 Å². The molecule has 0 unspecified atom stereocenters. The van der Waals surface area contributed by atoms with Crippen LogP contribution < -0.4 is 0 Å². The van der Waals surface area contributed by atoms with Crippen molar-refractivity contribution < 1.29 is 9.53 Å². The van der Waals surface area contributed by atoms with Crippen molar-refractivity contribution in [3.05, 3.63) is 12.7 Å². The molecular weight excluding hydrogens is 252 g/mol. The Morgan fingerprint density at radius 2 is 1.88 bits per heavy atom. The standard InChI is InChI=1S/C13H27ClO2Si/c1-8-11(14)12(15)9-10(2)16-17(6,7)13(3,4)5/h8,10-12,15H,1,9H2,2-7H3/t10-,11+,12+/m1/s1. The summed E-state index contributed by atoms with van der Waals surface area (Å²) in [5.41, 5.74) is 0. The zero-order valence-electron chi connectivity index (χ0n) is 12.0. The molecule has 0 aliphatic rings. The minimum absolute atomic E-state index is 0.0205. The summed E-state index contributed by atoms with van der Waals surface area (Å²) in [5.74, 6) is 0. The summed E-state index contributed by atoms with van der Waals surface area (Å²) in [5, 5.41) is 9.60. The van der Waals surface area contributed by atoms with Gasteiger partial charge in [-0.1, -0.05) is 26.8 Å². The summed E-state index contributed by atoms with van der Waals surface area (Å²) < 4.78 is 6.15. The third-order valence-electron chi connectivity index (χ3n) is 3.47. The first-order valence-corrected chi connectivity index (χ1v) is 9.48. The number of aliphatic hydroxyl groups excluding tert-OH is 1. The van der Waals surface area contributed by atoms with E-state index in [1.165, 1.54) is 0 Å².